The quantitative estimate of drug-likeness (QED) is 0.307. The summed E-state index contributed by atoms with van der Waals surface area (Å²) < 4.78 is 29.9. The Morgan fingerprint density at radius 2 is 1.88 bits per heavy atom. The first kappa shape index (κ1) is 28.2. The van der Waals surface area contributed by atoms with Gasteiger partial charge in [-0.1, -0.05) is 6.07 Å². The van der Waals surface area contributed by atoms with E-state index in [1.165, 1.54) is 18.9 Å². The van der Waals surface area contributed by atoms with Crippen LogP contribution in [0.2, 0.25) is 0 Å². The molecule has 0 atom stereocenters. The fraction of sp³-hybridized carbons (Fsp3) is 0.467. The number of aryl methyl sites for hydroxylation is 1. The molecule has 2 fully saturated rings. The van der Waals surface area contributed by atoms with Gasteiger partial charge in [0, 0.05) is 36.9 Å². The van der Waals surface area contributed by atoms with Gasteiger partial charge < -0.3 is 16.0 Å². The van der Waals surface area contributed by atoms with E-state index in [-0.39, 0.29) is 22.9 Å². The van der Waals surface area contributed by atoms with E-state index in [9.17, 15) is 8.78 Å². The van der Waals surface area contributed by atoms with Gasteiger partial charge in [-0.3, -0.25) is 9.89 Å². The largest absolute Gasteiger partial charge is 0.317 e. The number of rotatable bonds is 10. The molecule has 0 unspecified atom stereocenters. The van der Waals surface area contributed by atoms with Crippen LogP contribution in [0, 0.1) is 17.0 Å². The van der Waals surface area contributed by atoms with Crippen LogP contribution < -0.4 is 16.0 Å². The van der Waals surface area contributed by atoms with Crippen LogP contribution in [0.3, 0.4) is 0 Å². The van der Waals surface area contributed by atoms with Crippen LogP contribution in [0.25, 0.3) is 11.3 Å². The first-order valence-corrected chi connectivity index (χ1v) is 13.9. The third-order valence-corrected chi connectivity index (χ3v) is 8.27. The molecule has 5 rings (SSSR count). The van der Waals surface area contributed by atoms with Crippen LogP contribution in [0.4, 0.5) is 26.2 Å². The molecule has 0 amide bonds. The molecule has 0 bridgehead atoms. The maximum Gasteiger partial charge on any atom is 0.229 e. The molecule has 0 saturated carbocycles. The van der Waals surface area contributed by atoms with Crippen molar-refractivity contribution in [1.82, 2.24) is 30.5 Å². The number of nitrogens with one attached hydrogen (secondary N) is 3. The molecule has 0 aliphatic carbocycles. The Morgan fingerprint density at radius 1 is 1.10 bits per heavy atom. The number of aliphatic imine (C=N–C) groups is 1. The average Bonchev–Trinajstić information content (AvgIpc) is 2.93. The molecule has 3 N–H and O–H groups in total. The number of pyridine rings is 1. The van der Waals surface area contributed by atoms with Crippen molar-refractivity contribution in [3.8, 4) is 11.3 Å². The number of benzene rings is 1. The molecule has 10 heteroatoms. The predicted octanol–water partition coefficient (Wildman–Crippen LogP) is 5.01. The summed E-state index contributed by atoms with van der Waals surface area (Å²) in [6.07, 6.45) is 6.70. The number of anilines is 2. The van der Waals surface area contributed by atoms with E-state index in [1.54, 1.807) is 6.07 Å². The Balaban J connectivity index is 1.28. The molecule has 8 nitrogen and oxygen atoms in total. The summed E-state index contributed by atoms with van der Waals surface area (Å²) in [6, 6.07) is 6.86. The maximum atomic E-state index is 15.0. The average molecular weight is 549 g/mol. The molecule has 2 aliphatic rings. The summed E-state index contributed by atoms with van der Waals surface area (Å²) in [4.78, 5) is 19.3. The zero-order chi connectivity index (χ0) is 28.3. The molecule has 2 aromatic heterocycles. The third kappa shape index (κ3) is 6.35. The van der Waals surface area contributed by atoms with Crippen molar-refractivity contribution in [3.05, 3.63) is 59.4 Å². The summed E-state index contributed by atoms with van der Waals surface area (Å²) in [5.74, 6) is -0.485. The second-order valence-electron chi connectivity index (χ2n) is 11.7. The molecular weight excluding hydrogens is 510 g/mol. The molecule has 1 spiro atoms. The van der Waals surface area contributed by atoms with Gasteiger partial charge in [0.25, 0.3) is 0 Å². The van der Waals surface area contributed by atoms with Crippen LogP contribution >= 0.6 is 0 Å². The highest BCUT2D eigenvalue weighted by Crippen LogP contribution is 2.39. The lowest BCUT2D eigenvalue weighted by atomic mass is 9.72. The van der Waals surface area contributed by atoms with Gasteiger partial charge in [-0.25, -0.2) is 23.7 Å². The summed E-state index contributed by atoms with van der Waals surface area (Å²) in [6.45, 7) is 13.0. The van der Waals surface area contributed by atoms with E-state index in [0.717, 1.165) is 50.9 Å². The minimum absolute atomic E-state index is 0.00221. The van der Waals surface area contributed by atoms with Crippen LogP contribution in [0.5, 0.6) is 0 Å². The summed E-state index contributed by atoms with van der Waals surface area (Å²) in [7, 11) is 1.88. The first-order chi connectivity index (χ1) is 19.2. The molecule has 4 heterocycles. The number of hydrogen-bond acceptors (Lipinski definition) is 8. The van der Waals surface area contributed by atoms with E-state index >= 15 is 0 Å². The molecule has 212 valence electrons. The van der Waals surface area contributed by atoms with Gasteiger partial charge >= 0.3 is 0 Å². The molecule has 1 aromatic carbocycles. The van der Waals surface area contributed by atoms with E-state index in [4.69, 9.17) is 0 Å². The van der Waals surface area contributed by atoms with Crippen molar-refractivity contribution in [1.29, 1.82) is 0 Å². The van der Waals surface area contributed by atoms with Crippen LogP contribution in [0.1, 0.15) is 44.2 Å². The highest BCUT2D eigenvalue weighted by molar-refractivity contribution is 5.68. The third-order valence-electron chi connectivity index (χ3n) is 8.27. The van der Waals surface area contributed by atoms with Crippen molar-refractivity contribution in [2.75, 3.05) is 38.5 Å². The predicted molar refractivity (Wildman–Crippen MR) is 155 cm³/mol. The fourth-order valence-corrected chi connectivity index (χ4v) is 5.61. The van der Waals surface area contributed by atoms with E-state index in [2.05, 4.69) is 61.4 Å². The van der Waals surface area contributed by atoms with Crippen LogP contribution in [-0.4, -0.2) is 65.3 Å². The van der Waals surface area contributed by atoms with Gasteiger partial charge in [0.05, 0.1) is 6.20 Å². The minimum Gasteiger partial charge on any atom is -0.317 e. The maximum absolute atomic E-state index is 15.0. The van der Waals surface area contributed by atoms with Crippen molar-refractivity contribution in [2.24, 2.45) is 10.4 Å². The number of piperidine rings is 1. The second-order valence-corrected chi connectivity index (χ2v) is 11.7. The molecule has 2 saturated heterocycles. The Bertz CT molecular complexity index is 1340. The van der Waals surface area contributed by atoms with Crippen molar-refractivity contribution >= 4 is 24.2 Å². The monoisotopic (exact) mass is 548 g/mol. The lowest BCUT2D eigenvalue weighted by Gasteiger charge is -2.52. The number of nitrogens with zero attached hydrogens (tertiary/aromatic N) is 5. The number of halogens is 2. The summed E-state index contributed by atoms with van der Waals surface area (Å²) >= 11 is 0. The number of aromatic nitrogens is 3. The van der Waals surface area contributed by atoms with Crippen molar-refractivity contribution in [3.63, 3.8) is 0 Å². The van der Waals surface area contributed by atoms with Crippen molar-refractivity contribution in [2.45, 2.75) is 51.6 Å². The highest BCUT2D eigenvalue weighted by Gasteiger charge is 2.42. The standard InChI is InChI=1S/C30H38F2N8/c1-29(2,34-4)8-7-21-13-22(14-23(31)26(21)33-3)27-24(32)16-37-28(39-27)38-25-6-5-20(15-36-25)17-40-18-30(19-40)9-11-35-12-10-30/h5-6,13-16,34-35H,3,7-12,17-19H2,1-2,4H3,(H,36,37,38,39). The zero-order valence-corrected chi connectivity index (χ0v) is 23.5. The van der Waals surface area contributed by atoms with Gasteiger partial charge in [-0.05, 0) is 101 Å². The van der Waals surface area contributed by atoms with Crippen molar-refractivity contribution < 1.29 is 8.78 Å². The summed E-state index contributed by atoms with van der Waals surface area (Å²) in [5, 5.41) is 9.74. The Labute approximate surface area is 234 Å². The molecular formula is C30H38F2N8. The topological polar surface area (TPSA) is 90.4 Å². The van der Waals surface area contributed by atoms with E-state index in [0.29, 0.717) is 28.8 Å². The van der Waals surface area contributed by atoms with Gasteiger partial charge in [0.15, 0.2) is 5.82 Å². The van der Waals surface area contributed by atoms with Gasteiger partial charge in [-0.15, -0.1) is 0 Å². The van der Waals surface area contributed by atoms with Gasteiger partial charge in [0.2, 0.25) is 5.95 Å². The molecule has 0 radical (unpaired) electrons. The number of likely N-dealkylation sites (tertiary alicyclic amines) is 1. The Morgan fingerprint density at radius 3 is 2.55 bits per heavy atom. The summed E-state index contributed by atoms with van der Waals surface area (Å²) in [5.41, 5.74) is 2.61. The van der Waals surface area contributed by atoms with E-state index < -0.39 is 11.6 Å². The van der Waals surface area contributed by atoms with E-state index in [1.807, 2.05) is 25.4 Å². The highest BCUT2D eigenvalue weighted by atomic mass is 19.1. The fourth-order valence-electron chi connectivity index (χ4n) is 5.61. The molecule has 3 aromatic rings. The SMILES string of the molecule is C=Nc1c(F)cc(-c2nc(Nc3ccc(CN4CC5(CCNCC5)C4)cn3)ncc2F)cc1CCC(C)(C)NC. The lowest BCUT2D eigenvalue weighted by Crippen LogP contribution is -2.59. The smallest absolute Gasteiger partial charge is 0.229 e. The first-order valence-electron chi connectivity index (χ1n) is 13.9. The van der Waals surface area contributed by atoms with Crippen LogP contribution in [0.15, 0.2) is 41.7 Å². The lowest BCUT2D eigenvalue weighted by molar-refractivity contribution is -0.0282. The minimum atomic E-state index is -0.643. The zero-order valence-electron chi connectivity index (χ0n) is 23.5. The van der Waals surface area contributed by atoms with Gasteiger partial charge in [-0.2, -0.15) is 0 Å². The second kappa shape index (κ2) is 11.6. The van der Waals surface area contributed by atoms with Gasteiger partial charge in [0.1, 0.15) is 23.0 Å². The van der Waals surface area contributed by atoms with Crippen LogP contribution in [-0.2, 0) is 13.0 Å². The Hall–Kier alpha value is -3.34. The number of hydrogen-bond donors (Lipinski definition) is 3. The Kier molecular flexibility index (Phi) is 8.21. The molecule has 2 aliphatic heterocycles. The normalized spacial score (nSPS) is 17.0. The molecule has 40 heavy (non-hydrogen) atoms.